The summed E-state index contributed by atoms with van der Waals surface area (Å²) in [6.45, 7) is 5.63. The van der Waals surface area contributed by atoms with Gasteiger partial charge in [0.15, 0.2) is 0 Å². The van der Waals surface area contributed by atoms with Crippen molar-refractivity contribution in [2.24, 2.45) is 0 Å². The summed E-state index contributed by atoms with van der Waals surface area (Å²) in [5.74, 6) is 1.36. The van der Waals surface area contributed by atoms with Gasteiger partial charge in [0, 0.05) is 22.0 Å². The molecule has 1 heterocycles. The molecule has 0 unspecified atom stereocenters. The number of aryl methyl sites for hydroxylation is 1. The largest absolute Gasteiger partial charge is 0.497 e. The molecule has 0 N–H and O–H groups in total. The number of rotatable bonds is 5. The molecule has 25 heavy (non-hydrogen) atoms. The Balaban J connectivity index is 2.15. The molecule has 0 aliphatic rings. The minimum atomic E-state index is -0.416. The van der Waals surface area contributed by atoms with Gasteiger partial charge < -0.3 is 13.9 Å². The molecule has 0 saturated heterocycles. The van der Waals surface area contributed by atoms with Crippen molar-refractivity contribution < 1.29 is 13.9 Å². The lowest BCUT2D eigenvalue weighted by Crippen LogP contribution is -2.02. The third-order valence-corrected chi connectivity index (χ3v) is 4.01. The molecule has 0 bridgehead atoms. The summed E-state index contributed by atoms with van der Waals surface area (Å²) in [7, 11) is 1.61. The zero-order valence-electron chi connectivity index (χ0n) is 14.0. The zero-order chi connectivity index (χ0) is 18.0. The zero-order valence-corrected chi connectivity index (χ0v) is 14.7. The second-order valence-corrected chi connectivity index (χ2v) is 6.11. The van der Waals surface area contributed by atoms with Crippen LogP contribution in [-0.4, -0.2) is 13.7 Å². The molecule has 0 aliphatic carbocycles. The van der Waals surface area contributed by atoms with E-state index in [0.29, 0.717) is 16.4 Å². The topological polar surface area (TPSA) is 48.7 Å². The molecule has 3 rings (SSSR count). The molecule has 2 aromatic carbocycles. The van der Waals surface area contributed by atoms with Gasteiger partial charge in [-0.05, 0) is 42.3 Å². The first-order valence-corrected chi connectivity index (χ1v) is 8.05. The molecule has 0 fully saturated rings. The minimum Gasteiger partial charge on any atom is -0.497 e. The summed E-state index contributed by atoms with van der Waals surface area (Å²) in [5, 5.41) is 1.23. The lowest BCUT2D eigenvalue weighted by Gasteiger charge is -2.12. The molecule has 0 spiro atoms. The Bertz CT molecular complexity index is 987. The fourth-order valence-electron chi connectivity index (χ4n) is 2.66. The second-order valence-electron chi connectivity index (χ2n) is 5.58. The van der Waals surface area contributed by atoms with Gasteiger partial charge >= 0.3 is 5.63 Å². The average Bonchev–Trinajstić information content (AvgIpc) is 2.61. The summed E-state index contributed by atoms with van der Waals surface area (Å²) in [6.07, 6.45) is 0. The number of hydrogen-bond donors (Lipinski definition) is 0. The Labute approximate surface area is 150 Å². The van der Waals surface area contributed by atoms with Crippen LogP contribution in [-0.2, 0) is 0 Å². The monoisotopic (exact) mass is 356 g/mol. The molecule has 3 aromatic rings. The van der Waals surface area contributed by atoms with Crippen LogP contribution in [0.2, 0.25) is 0 Å². The van der Waals surface area contributed by atoms with Gasteiger partial charge in [0.2, 0.25) is 0 Å². The van der Waals surface area contributed by atoms with Crippen LogP contribution in [0.4, 0.5) is 0 Å². The fourth-order valence-corrected chi connectivity index (χ4v) is 2.72. The van der Waals surface area contributed by atoms with Crippen molar-refractivity contribution in [1.29, 1.82) is 0 Å². The van der Waals surface area contributed by atoms with Crippen molar-refractivity contribution in [3.63, 3.8) is 0 Å². The van der Waals surface area contributed by atoms with Gasteiger partial charge in [0.25, 0.3) is 0 Å². The predicted molar refractivity (Wildman–Crippen MR) is 99.7 cm³/mol. The SMILES string of the molecule is C=C(Cl)COc1ccc2c(-c3ccc(OC)cc3)cc(=O)oc2c1C. The number of benzene rings is 2. The molecule has 0 radical (unpaired) electrons. The third kappa shape index (κ3) is 3.54. The Morgan fingerprint density at radius 2 is 1.92 bits per heavy atom. The first kappa shape index (κ1) is 17.1. The summed E-state index contributed by atoms with van der Waals surface area (Å²) >= 11 is 5.75. The second kappa shape index (κ2) is 7.03. The highest BCUT2D eigenvalue weighted by Crippen LogP contribution is 2.33. The third-order valence-electron chi connectivity index (χ3n) is 3.90. The maximum atomic E-state index is 12.1. The molecule has 5 heteroatoms. The van der Waals surface area contributed by atoms with Crippen molar-refractivity contribution in [1.82, 2.24) is 0 Å². The van der Waals surface area contributed by atoms with Crippen molar-refractivity contribution in [3.05, 3.63) is 70.1 Å². The van der Waals surface area contributed by atoms with Crippen LogP contribution in [0, 0.1) is 6.92 Å². The van der Waals surface area contributed by atoms with E-state index in [0.717, 1.165) is 27.8 Å². The van der Waals surface area contributed by atoms with E-state index < -0.39 is 5.63 Å². The molecular weight excluding hydrogens is 340 g/mol. The van der Waals surface area contributed by atoms with Gasteiger partial charge in [0.05, 0.1) is 7.11 Å². The number of halogens is 1. The van der Waals surface area contributed by atoms with Gasteiger partial charge in [-0.3, -0.25) is 0 Å². The summed E-state index contributed by atoms with van der Waals surface area (Å²) in [4.78, 5) is 12.1. The van der Waals surface area contributed by atoms with Crippen LogP contribution < -0.4 is 15.1 Å². The highest BCUT2D eigenvalue weighted by molar-refractivity contribution is 6.29. The molecule has 0 aliphatic heterocycles. The molecule has 0 saturated carbocycles. The van der Waals surface area contributed by atoms with Crippen molar-refractivity contribution in [2.75, 3.05) is 13.7 Å². The van der Waals surface area contributed by atoms with Gasteiger partial charge in [-0.2, -0.15) is 0 Å². The Kier molecular flexibility index (Phi) is 4.81. The summed E-state index contributed by atoms with van der Waals surface area (Å²) in [5.41, 5.74) is 2.52. The van der Waals surface area contributed by atoms with E-state index in [1.807, 2.05) is 43.3 Å². The van der Waals surface area contributed by atoms with Gasteiger partial charge in [0.1, 0.15) is 23.7 Å². The number of ether oxygens (including phenoxy) is 2. The molecular formula is C20H17ClO4. The highest BCUT2D eigenvalue weighted by Gasteiger charge is 2.13. The Morgan fingerprint density at radius 1 is 1.20 bits per heavy atom. The number of fused-ring (bicyclic) bond motifs is 1. The molecule has 1 aromatic heterocycles. The first-order chi connectivity index (χ1) is 12.0. The average molecular weight is 357 g/mol. The summed E-state index contributed by atoms with van der Waals surface area (Å²) < 4.78 is 16.2. The Hall–Kier alpha value is -2.72. The lowest BCUT2D eigenvalue weighted by atomic mass is 10.00. The van der Waals surface area contributed by atoms with E-state index >= 15 is 0 Å². The van der Waals surface area contributed by atoms with Crippen molar-refractivity contribution >= 4 is 22.6 Å². The van der Waals surface area contributed by atoms with E-state index in [1.165, 1.54) is 6.07 Å². The van der Waals surface area contributed by atoms with E-state index in [9.17, 15) is 4.79 Å². The Morgan fingerprint density at radius 3 is 2.56 bits per heavy atom. The predicted octanol–water partition coefficient (Wildman–Crippen LogP) is 4.91. The fraction of sp³-hybridized carbons (Fsp3) is 0.150. The quantitative estimate of drug-likeness (QED) is 0.609. The highest BCUT2D eigenvalue weighted by atomic mass is 35.5. The van der Waals surface area contributed by atoms with Crippen LogP contribution in [0.1, 0.15) is 5.56 Å². The minimum absolute atomic E-state index is 0.191. The van der Waals surface area contributed by atoms with Crippen molar-refractivity contribution in [2.45, 2.75) is 6.92 Å². The maximum Gasteiger partial charge on any atom is 0.336 e. The first-order valence-electron chi connectivity index (χ1n) is 7.67. The molecule has 0 atom stereocenters. The number of methoxy groups -OCH3 is 1. The van der Waals surface area contributed by atoms with Gasteiger partial charge in [-0.25, -0.2) is 4.79 Å². The van der Waals surface area contributed by atoms with E-state index in [-0.39, 0.29) is 6.61 Å². The number of hydrogen-bond acceptors (Lipinski definition) is 4. The van der Waals surface area contributed by atoms with E-state index in [4.69, 9.17) is 25.5 Å². The van der Waals surface area contributed by atoms with E-state index in [2.05, 4.69) is 6.58 Å². The van der Waals surface area contributed by atoms with Crippen molar-refractivity contribution in [3.8, 4) is 22.6 Å². The normalized spacial score (nSPS) is 10.7. The standard InChI is InChI=1S/C20H17ClO4/c1-12(21)11-24-18-9-8-16-17(10-19(22)25-20(16)13(18)2)14-4-6-15(23-3)7-5-14/h4-10H,1,11H2,2-3H3. The maximum absolute atomic E-state index is 12.1. The van der Waals surface area contributed by atoms with Gasteiger partial charge in [-0.15, -0.1) is 0 Å². The van der Waals surface area contributed by atoms with Crippen LogP contribution >= 0.6 is 11.6 Å². The molecule has 4 nitrogen and oxygen atoms in total. The van der Waals surface area contributed by atoms with Crippen LogP contribution in [0.3, 0.4) is 0 Å². The van der Waals surface area contributed by atoms with Crippen LogP contribution in [0.5, 0.6) is 11.5 Å². The summed E-state index contributed by atoms with van der Waals surface area (Å²) in [6, 6.07) is 12.7. The molecule has 128 valence electrons. The van der Waals surface area contributed by atoms with Gasteiger partial charge in [-0.1, -0.05) is 30.3 Å². The molecule has 0 amide bonds. The van der Waals surface area contributed by atoms with Crippen LogP contribution in [0.25, 0.3) is 22.1 Å². The van der Waals surface area contributed by atoms with Crippen LogP contribution in [0.15, 0.2) is 63.3 Å². The van der Waals surface area contributed by atoms with E-state index in [1.54, 1.807) is 7.11 Å². The lowest BCUT2D eigenvalue weighted by molar-refractivity contribution is 0.356. The smallest absolute Gasteiger partial charge is 0.336 e.